The number of ether oxygens (including phenoxy) is 2. The predicted molar refractivity (Wildman–Crippen MR) is 81.8 cm³/mol. The maximum atomic E-state index is 8.96. The highest BCUT2D eigenvalue weighted by atomic mass is 16.5. The molecular weight excluding hydrogens is 252 g/mol. The summed E-state index contributed by atoms with van der Waals surface area (Å²) in [6.07, 6.45) is 3.36. The van der Waals surface area contributed by atoms with Crippen molar-refractivity contribution < 1.29 is 14.6 Å². The van der Waals surface area contributed by atoms with Gasteiger partial charge in [-0.1, -0.05) is 50.1 Å². The molecule has 1 aromatic carbocycles. The topological polar surface area (TPSA) is 38.7 Å². The molecule has 0 fully saturated rings. The van der Waals surface area contributed by atoms with Gasteiger partial charge in [-0.05, 0) is 25.8 Å². The zero-order valence-electron chi connectivity index (χ0n) is 12.9. The molecule has 3 atom stereocenters. The van der Waals surface area contributed by atoms with Crippen LogP contribution >= 0.6 is 0 Å². The fraction of sp³-hybridized carbons (Fsp3) is 0.647. The average molecular weight is 280 g/mol. The number of hydrogen-bond donors (Lipinski definition) is 1. The number of hydrogen-bond acceptors (Lipinski definition) is 3. The first-order chi connectivity index (χ1) is 9.67. The van der Waals surface area contributed by atoms with Crippen molar-refractivity contribution in [1.82, 2.24) is 0 Å². The van der Waals surface area contributed by atoms with E-state index < -0.39 is 0 Å². The summed E-state index contributed by atoms with van der Waals surface area (Å²) in [5.41, 5.74) is 1.23. The summed E-state index contributed by atoms with van der Waals surface area (Å²) in [6.45, 7) is 6.63. The first-order valence-corrected chi connectivity index (χ1v) is 7.60. The van der Waals surface area contributed by atoms with E-state index in [0.29, 0.717) is 6.61 Å². The lowest BCUT2D eigenvalue weighted by Crippen LogP contribution is -2.24. The Hall–Kier alpha value is -0.900. The number of benzene rings is 1. The fourth-order valence-corrected chi connectivity index (χ4v) is 2.04. The molecule has 0 aliphatic carbocycles. The number of aliphatic hydroxyl groups is 1. The van der Waals surface area contributed by atoms with Crippen LogP contribution in [0.3, 0.4) is 0 Å². The Balaban J connectivity index is 2.52. The summed E-state index contributed by atoms with van der Waals surface area (Å²) < 4.78 is 11.6. The molecular formula is C17H28O3. The van der Waals surface area contributed by atoms with Gasteiger partial charge in [0.1, 0.15) is 0 Å². The van der Waals surface area contributed by atoms with Gasteiger partial charge in [-0.25, -0.2) is 0 Å². The molecule has 1 N–H and O–H groups in total. The lowest BCUT2D eigenvalue weighted by Gasteiger charge is -2.24. The van der Waals surface area contributed by atoms with Crippen LogP contribution in [0.25, 0.3) is 0 Å². The van der Waals surface area contributed by atoms with Gasteiger partial charge in [0.15, 0.2) is 0 Å². The molecule has 3 unspecified atom stereocenters. The quantitative estimate of drug-likeness (QED) is 0.710. The minimum Gasteiger partial charge on any atom is -0.394 e. The molecule has 1 aromatic rings. The summed E-state index contributed by atoms with van der Waals surface area (Å²) >= 11 is 0. The van der Waals surface area contributed by atoms with E-state index in [9.17, 15) is 0 Å². The van der Waals surface area contributed by atoms with Gasteiger partial charge < -0.3 is 14.6 Å². The van der Waals surface area contributed by atoms with E-state index in [4.69, 9.17) is 14.6 Å². The molecule has 3 nitrogen and oxygen atoms in total. The molecule has 3 heteroatoms. The van der Waals surface area contributed by atoms with Gasteiger partial charge >= 0.3 is 0 Å². The van der Waals surface area contributed by atoms with Crippen LogP contribution < -0.4 is 0 Å². The smallest absolute Gasteiger partial charge is 0.0829 e. The Morgan fingerprint density at radius 1 is 1.10 bits per heavy atom. The Bertz CT molecular complexity index is 339. The monoisotopic (exact) mass is 280 g/mol. The molecule has 0 aliphatic heterocycles. The molecule has 0 aliphatic rings. The maximum Gasteiger partial charge on any atom is 0.0829 e. The molecule has 0 saturated heterocycles. The lowest BCUT2D eigenvalue weighted by atomic mass is 10.0. The number of unbranched alkanes of at least 4 members (excludes halogenated alkanes) is 1. The first-order valence-electron chi connectivity index (χ1n) is 7.60. The van der Waals surface area contributed by atoms with E-state index in [2.05, 4.69) is 19.1 Å². The van der Waals surface area contributed by atoms with Crippen LogP contribution in [-0.4, -0.2) is 30.5 Å². The maximum absolute atomic E-state index is 8.96. The van der Waals surface area contributed by atoms with Crippen molar-refractivity contribution >= 4 is 0 Å². The highest BCUT2D eigenvalue weighted by molar-refractivity contribution is 5.17. The highest BCUT2D eigenvalue weighted by Gasteiger charge is 2.16. The summed E-state index contributed by atoms with van der Waals surface area (Å²) in [5.74, 6) is 0. The van der Waals surface area contributed by atoms with E-state index in [1.54, 1.807) is 0 Å². The van der Waals surface area contributed by atoms with Crippen LogP contribution in [0.1, 0.15) is 51.7 Å². The Morgan fingerprint density at radius 2 is 1.80 bits per heavy atom. The standard InChI is InChI=1S/C17H28O3/c1-4-5-11-17(16-9-7-6-8-10-16)20-15(3)13-19-14(2)12-18/h6-10,14-15,17-18H,4-5,11-13H2,1-3H3. The van der Waals surface area contributed by atoms with E-state index in [1.165, 1.54) is 12.0 Å². The molecule has 0 bridgehead atoms. The average Bonchev–Trinajstić information content (AvgIpc) is 2.49. The van der Waals surface area contributed by atoms with Crippen LogP contribution in [0.15, 0.2) is 30.3 Å². The van der Waals surface area contributed by atoms with Crippen molar-refractivity contribution in [1.29, 1.82) is 0 Å². The lowest BCUT2D eigenvalue weighted by molar-refractivity contribution is -0.0760. The Labute approximate surface area is 122 Å². The van der Waals surface area contributed by atoms with Crippen LogP contribution in [0.2, 0.25) is 0 Å². The number of aliphatic hydroxyl groups excluding tert-OH is 1. The van der Waals surface area contributed by atoms with E-state index in [0.717, 1.165) is 12.8 Å². The fourth-order valence-electron chi connectivity index (χ4n) is 2.04. The van der Waals surface area contributed by atoms with Crippen molar-refractivity contribution in [2.24, 2.45) is 0 Å². The predicted octanol–water partition coefficient (Wildman–Crippen LogP) is 3.72. The number of rotatable bonds is 10. The van der Waals surface area contributed by atoms with Gasteiger partial charge in [0.05, 0.1) is 31.5 Å². The molecule has 0 amide bonds. The van der Waals surface area contributed by atoms with Gasteiger partial charge in [-0.3, -0.25) is 0 Å². The highest BCUT2D eigenvalue weighted by Crippen LogP contribution is 2.25. The normalized spacial score (nSPS) is 15.8. The first kappa shape index (κ1) is 17.2. The molecule has 0 radical (unpaired) electrons. The van der Waals surface area contributed by atoms with Crippen molar-refractivity contribution in [3.05, 3.63) is 35.9 Å². The minimum absolute atomic E-state index is 0.0195. The molecule has 20 heavy (non-hydrogen) atoms. The zero-order valence-corrected chi connectivity index (χ0v) is 12.9. The summed E-state index contributed by atoms with van der Waals surface area (Å²) in [7, 11) is 0. The second kappa shape index (κ2) is 9.92. The van der Waals surface area contributed by atoms with Crippen LogP contribution in [0.4, 0.5) is 0 Å². The summed E-state index contributed by atoms with van der Waals surface area (Å²) in [6, 6.07) is 10.4. The summed E-state index contributed by atoms with van der Waals surface area (Å²) in [5, 5.41) is 8.96. The molecule has 0 aromatic heterocycles. The van der Waals surface area contributed by atoms with Gasteiger partial charge in [0.25, 0.3) is 0 Å². The largest absolute Gasteiger partial charge is 0.394 e. The second-order valence-corrected chi connectivity index (χ2v) is 5.31. The summed E-state index contributed by atoms with van der Waals surface area (Å²) in [4.78, 5) is 0. The van der Waals surface area contributed by atoms with Gasteiger partial charge in [0.2, 0.25) is 0 Å². The molecule has 0 spiro atoms. The molecule has 0 heterocycles. The Morgan fingerprint density at radius 3 is 2.40 bits per heavy atom. The van der Waals surface area contributed by atoms with Crippen LogP contribution in [-0.2, 0) is 9.47 Å². The zero-order chi connectivity index (χ0) is 14.8. The van der Waals surface area contributed by atoms with Gasteiger partial charge in [-0.15, -0.1) is 0 Å². The van der Waals surface area contributed by atoms with Crippen molar-refractivity contribution in [3.63, 3.8) is 0 Å². The second-order valence-electron chi connectivity index (χ2n) is 5.31. The molecule has 114 valence electrons. The minimum atomic E-state index is -0.133. The van der Waals surface area contributed by atoms with Crippen LogP contribution in [0.5, 0.6) is 0 Å². The third-order valence-electron chi connectivity index (χ3n) is 3.26. The molecule has 1 rings (SSSR count). The third kappa shape index (κ3) is 6.51. The SMILES string of the molecule is CCCCC(OC(C)COC(C)CO)c1ccccc1. The van der Waals surface area contributed by atoms with E-state index in [1.807, 2.05) is 32.0 Å². The van der Waals surface area contributed by atoms with Gasteiger partial charge in [0, 0.05) is 0 Å². The Kier molecular flexibility index (Phi) is 8.51. The van der Waals surface area contributed by atoms with Gasteiger partial charge in [-0.2, -0.15) is 0 Å². The van der Waals surface area contributed by atoms with E-state index >= 15 is 0 Å². The van der Waals surface area contributed by atoms with Crippen molar-refractivity contribution in [2.75, 3.05) is 13.2 Å². The van der Waals surface area contributed by atoms with Crippen LogP contribution in [0, 0.1) is 0 Å². The third-order valence-corrected chi connectivity index (χ3v) is 3.26. The van der Waals surface area contributed by atoms with Crippen molar-refractivity contribution in [3.8, 4) is 0 Å². The van der Waals surface area contributed by atoms with E-state index in [-0.39, 0.29) is 24.9 Å². The molecule has 0 saturated carbocycles. The van der Waals surface area contributed by atoms with Crippen molar-refractivity contribution in [2.45, 2.75) is 58.3 Å².